The lowest BCUT2D eigenvalue weighted by Gasteiger charge is -2.34. The molecule has 0 saturated carbocycles. The van der Waals surface area contributed by atoms with Crippen LogP contribution in [0.25, 0.3) is 0 Å². The third-order valence-corrected chi connectivity index (χ3v) is 8.14. The molecule has 0 aliphatic carbocycles. The number of ether oxygens (including phenoxy) is 4. The van der Waals surface area contributed by atoms with E-state index < -0.39 is 11.3 Å². The summed E-state index contributed by atoms with van der Waals surface area (Å²) < 4.78 is 60.1. The van der Waals surface area contributed by atoms with Crippen LogP contribution in [0.1, 0.15) is 30.4 Å². The van der Waals surface area contributed by atoms with Crippen LogP contribution in [0.4, 0.5) is 24.7 Å². The summed E-state index contributed by atoms with van der Waals surface area (Å²) in [6.07, 6.45) is 0.274. The lowest BCUT2D eigenvalue weighted by atomic mass is 9.90. The first-order chi connectivity index (χ1) is 22.2. The predicted octanol–water partition coefficient (Wildman–Crippen LogP) is 6.96. The van der Waals surface area contributed by atoms with Gasteiger partial charge in [-0.25, -0.2) is 0 Å². The Morgan fingerprint density at radius 1 is 0.848 bits per heavy atom. The number of fused-ring (bicyclic) bond motifs is 1. The van der Waals surface area contributed by atoms with Crippen LogP contribution in [0.2, 0.25) is 0 Å². The monoisotopic (exact) mass is 638 g/mol. The summed E-state index contributed by atoms with van der Waals surface area (Å²) in [6.45, 7) is 3.09. The fourth-order valence-corrected chi connectivity index (χ4v) is 5.68. The standard InChI is InChI=1S/C33H33F3N4O6/c34-33(35,36)46-29-9-3-25(4-10-29)21-43-27-7-1-23(2-8-27)19-24-13-16-38(17-14-24)26-5-11-28(12-6-26)44-22-30-15-18-39-20-31(40(41)42)37-32(39)45-30/h1-12,20,24,30H,13-19,21-22H2/t30-/m1/s1. The highest BCUT2D eigenvalue weighted by atomic mass is 19.4. The Labute approximate surface area is 263 Å². The molecule has 2 aliphatic heterocycles. The van der Waals surface area contributed by atoms with E-state index in [4.69, 9.17) is 14.2 Å². The van der Waals surface area contributed by atoms with Crippen molar-refractivity contribution >= 4 is 11.5 Å². The molecule has 46 heavy (non-hydrogen) atoms. The van der Waals surface area contributed by atoms with Crippen molar-refractivity contribution in [2.45, 2.75) is 51.3 Å². The molecule has 0 spiro atoms. The normalized spacial score (nSPS) is 16.8. The highest BCUT2D eigenvalue weighted by molar-refractivity contribution is 5.49. The maximum absolute atomic E-state index is 12.3. The molecule has 3 aromatic carbocycles. The summed E-state index contributed by atoms with van der Waals surface area (Å²) in [6, 6.07) is 21.9. The third-order valence-electron chi connectivity index (χ3n) is 8.14. The number of rotatable bonds is 11. The molecule has 242 valence electrons. The van der Waals surface area contributed by atoms with Crippen molar-refractivity contribution in [1.29, 1.82) is 0 Å². The fraction of sp³-hybridized carbons (Fsp3) is 0.364. The molecule has 1 atom stereocenters. The summed E-state index contributed by atoms with van der Waals surface area (Å²) >= 11 is 0. The van der Waals surface area contributed by atoms with E-state index in [1.807, 2.05) is 24.3 Å². The van der Waals surface area contributed by atoms with Crippen LogP contribution in [-0.4, -0.2) is 46.6 Å². The molecule has 4 aromatic rings. The van der Waals surface area contributed by atoms with Crippen LogP contribution in [0, 0.1) is 16.0 Å². The number of anilines is 1. The van der Waals surface area contributed by atoms with Gasteiger partial charge in [-0.05, 0) is 89.8 Å². The molecule has 0 bridgehead atoms. The number of hydrogen-bond acceptors (Lipinski definition) is 8. The Morgan fingerprint density at radius 3 is 2.15 bits per heavy atom. The maximum atomic E-state index is 12.3. The summed E-state index contributed by atoms with van der Waals surface area (Å²) in [5.41, 5.74) is 3.13. The van der Waals surface area contributed by atoms with Crippen molar-refractivity contribution in [2.75, 3.05) is 24.6 Å². The molecule has 1 aromatic heterocycles. The van der Waals surface area contributed by atoms with Gasteiger partial charge in [0.25, 0.3) is 0 Å². The van der Waals surface area contributed by atoms with Crippen LogP contribution < -0.4 is 23.8 Å². The zero-order valence-electron chi connectivity index (χ0n) is 24.9. The SMILES string of the molecule is O=[N+]([O-])c1cn2c(n1)O[C@@H](COc1ccc(N3CCC(Cc4ccc(OCc5ccc(OC(F)(F)F)cc5)cc4)CC3)cc1)CC2. The number of hydrogen-bond donors (Lipinski definition) is 0. The molecule has 1 fully saturated rings. The van der Waals surface area contributed by atoms with Gasteiger partial charge in [0.2, 0.25) is 0 Å². The van der Waals surface area contributed by atoms with Gasteiger partial charge in [-0.3, -0.25) is 4.57 Å². The Bertz CT molecular complexity index is 1600. The molecule has 10 nitrogen and oxygen atoms in total. The summed E-state index contributed by atoms with van der Waals surface area (Å²) in [5.74, 6) is 1.54. The number of aryl methyl sites for hydroxylation is 1. The van der Waals surface area contributed by atoms with Crippen molar-refractivity contribution in [3.63, 3.8) is 0 Å². The molecule has 1 saturated heterocycles. The fourth-order valence-electron chi connectivity index (χ4n) is 5.68. The number of imidazole rings is 1. The first-order valence-corrected chi connectivity index (χ1v) is 15.1. The Kier molecular flexibility index (Phi) is 9.18. The second-order valence-corrected chi connectivity index (χ2v) is 11.4. The average molecular weight is 639 g/mol. The van der Waals surface area contributed by atoms with E-state index in [0.717, 1.165) is 49.4 Å². The molecule has 0 N–H and O–H groups in total. The van der Waals surface area contributed by atoms with Crippen LogP contribution in [-0.2, 0) is 19.6 Å². The number of benzene rings is 3. The minimum absolute atomic E-state index is 0.218. The molecule has 13 heteroatoms. The molecule has 2 aliphatic rings. The minimum Gasteiger partial charge on any atom is -0.490 e. The number of aromatic nitrogens is 2. The Hall–Kier alpha value is -4.94. The Morgan fingerprint density at radius 2 is 1.48 bits per heavy atom. The average Bonchev–Trinajstić information content (AvgIpc) is 3.48. The summed E-state index contributed by atoms with van der Waals surface area (Å²) in [5, 5.41) is 11.0. The second-order valence-electron chi connectivity index (χ2n) is 11.4. The molecule has 0 unspecified atom stereocenters. The lowest BCUT2D eigenvalue weighted by Crippen LogP contribution is -2.34. The van der Waals surface area contributed by atoms with Crippen molar-refractivity contribution in [1.82, 2.24) is 9.55 Å². The number of nitrogens with zero attached hydrogens (tertiary/aromatic N) is 4. The highest BCUT2D eigenvalue weighted by Gasteiger charge is 2.31. The summed E-state index contributed by atoms with van der Waals surface area (Å²) in [4.78, 5) is 16.7. The van der Waals surface area contributed by atoms with E-state index in [0.29, 0.717) is 31.2 Å². The van der Waals surface area contributed by atoms with Crippen LogP contribution in [0.3, 0.4) is 0 Å². The maximum Gasteiger partial charge on any atom is 0.573 e. The van der Waals surface area contributed by atoms with E-state index in [9.17, 15) is 23.3 Å². The van der Waals surface area contributed by atoms with Gasteiger partial charge in [0.1, 0.15) is 42.8 Å². The zero-order chi connectivity index (χ0) is 32.1. The first-order valence-electron chi connectivity index (χ1n) is 15.1. The van der Waals surface area contributed by atoms with Crippen molar-refractivity contribution in [3.05, 3.63) is 100 Å². The van der Waals surface area contributed by atoms with Gasteiger partial charge in [0.05, 0.1) is 0 Å². The van der Waals surface area contributed by atoms with Gasteiger partial charge in [-0.15, -0.1) is 13.2 Å². The van der Waals surface area contributed by atoms with Crippen LogP contribution in [0.5, 0.6) is 23.3 Å². The molecule has 0 amide bonds. The van der Waals surface area contributed by atoms with Gasteiger partial charge in [0.15, 0.2) is 0 Å². The summed E-state index contributed by atoms with van der Waals surface area (Å²) in [7, 11) is 0. The lowest BCUT2D eigenvalue weighted by molar-refractivity contribution is -0.389. The van der Waals surface area contributed by atoms with E-state index in [1.54, 1.807) is 16.7 Å². The quantitative estimate of drug-likeness (QED) is 0.128. The predicted molar refractivity (Wildman–Crippen MR) is 162 cm³/mol. The van der Waals surface area contributed by atoms with Crippen LogP contribution >= 0.6 is 0 Å². The molecular formula is C33H33F3N4O6. The molecule has 6 rings (SSSR count). The van der Waals surface area contributed by atoms with Crippen molar-refractivity contribution in [3.8, 4) is 23.3 Å². The molecular weight excluding hydrogens is 605 g/mol. The van der Waals surface area contributed by atoms with Crippen molar-refractivity contribution in [2.24, 2.45) is 5.92 Å². The van der Waals surface area contributed by atoms with E-state index >= 15 is 0 Å². The third kappa shape index (κ3) is 8.20. The minimum atomic E-state index is -4.71. The number of piperidine rings is 1. The zero-order valence-corrected chi connectivity index (χ0v) is 24.9. The van der Waals surface area contributed by atoms with Gasteiger partial charge < -0.3 is 34.0 Å². The second kappa shape index (κ2) is 13.6. The first kappa shape index (κ1) is 31.1. The van der Waals surface area contributed by atoms with Crippen LogP contribution in [0.15, 0.2) is 79.0 Å². The topological polar surface area (TPSA) is 101 Å². The highest BCUT2D eigenvalue weighted by Crippen LogP contribution is 2.29. The molecule has 0 radical (unpaired) electrons. The van der Waals surface area contributed by atoms with E-state index in [-0.39, 0.29) is 30.3 Å². The van der Waals surface area contributed by atoms with E-state index in [1.165, 1.54) is 23.9 Å². The Balaban J connectivity index is 0.906. The van der Waals surface area contributed by atoms with Gasteiger partial charge in [0, 0.05) is 36.7 Å². The number of alkyl halides is 3. The largest absolute Gasteiger partial charge is 0.573 e. The number of nitro groups is 1. The smallest absolute Gasteiger partial charge is 0.490 e. The number of halogens is 3. The van der Waals surface area contributed by atoms with Crippen molar-refractivity contribution < 1.29 is 37.0 Å². The van der Waals surface area contributed by atoms with E-state index in [2.05, 4.69) is 38.9 Å². The van der Waals surface area contributed by atoms with Gasteiger partial charge in [-0.1, -0.05) is 24.3 Å². The molecule has 3 heterocycles. The van der Waals surface area contributed by atoms with Gasteiger partial charge >= 0.3 is 18.2 Å². The van der Waals surface area contributed by atoms with Gasteiger partial charge in [-0.2, -0.15) is 0 Å².